The number of thiophene rings is 1. The fraction of sp³-hybridized carbons (Fsp3) is 0.435. The maximum absolute atomic E-state index is 12.9. The smallest absolute Gasteiger partial charge is 0.262 e. The Morgan fingerprint density at radius 2 is 2.00 bits per heavy atom. The van der Waals surface area contributed by atoms with E-state index in [1.54, 1.807) is 23.0 Å². The SMILES string of the molecule is CCCCc1ccc(NC(=O)CSc2nc3sc4c(c3c(=O)n2C)CCCC4)cc1. The number of anilines is 1. The summed E-state index contributed by atoms with van der Waals surface area (Å²) in [5.74, 6) is 0.121. The number of aromatic nitrogens is 2. The molecule has 0 saturated carbocycles. The van der Waals surface area contributed by atoms with E-state index in [-0.39, 0.29) is 17.2 Å². The highest BCUT2D eigenvalue weighted by atomic mass is 32.2. The van der Waals surface area contributed by atoms with Crippen molar-refractivity contribution in [1.29, 1.82) is 0 Å². The van der Waals surface area contributed by atoms with Gasteiger partial charge in [-0.15, -0.1) is 11.3 Å². The van der Waals surface area contributed by atoms with E-state index in [9.17, 15) is 9.59 Å². The van der Waals surface area contributed by atoms with Crippen LogP contribution in [-0.2, 0) is 31.1 Å². The average molecular weight is 442 g/mol. The van der Waals surface area contributed by atoms with Gasteiger partial charge in [0.25, 0.3) is 5.56 Å². The number of carbonyl (C=O) groups is 1. The van der Waals surface area contributed by atoms with Crippen molar-refractivity contribution in [2.45, 2.75) is 57.0 Å². The minimum absolute atomic E-state index is 0.00461. The Kier molecular flexibility index (Phi) is 6.58. The molecule has 0 aliphatic heterocycles. The van der Waals surface area contributed by atoms with Gasteiger partial charge in [0.05, 0.1) is 11.1 Å². The summed E-state index contributed by atoms with van der Waals surface area (Å²) in [6.07, 6.45) is 7.74. The topological polar surface area (TPSA) is 64.0 Å². The Labute approximate surface area is 184 Å². The molecule has 4 rings (SSSR count). The number of fused-ring (bicyclic) bond motifs is 3. The Bertz CT molecular complexity index is 1120. The summed E-state index contributed by atoms with van der Waals surface area (Å²) in [4.78, 5) is 32.2. The van der Waals surface area contributed by atoms with Crippen LogP contribution in [0, 0.1) is 0 Å². The van der Waals surface area contributed by atoms with Gasteiger partial charge in [-0.3, -0.25) is 14.2 Å². The van der Waals surface area contributed by atoms with Gasteiger partial charge in [-0.2, -0.15) is 0 Å². The van der Waals surface area contributed by atoms with Gasteiger partial charge < -0.3 is 5.32 Å². The number of hydrogen-bond donors (Lipinski definition) is 1. The molecule has 0 bridgehead atoms. The van der Waals surface area contributed by atoms with Crippen LogP contribution in [-0.4, -0.2) is 21.2 Å². The molecule has 0 unspecified atom stereocenters. The number of nitrogens with zero attached hydrogens (tertiary/aromatic N) is 2. The minimum atomic E-state index is -0.0962. The van der Waals surface area contributed by atoms with Gasteiger partial charge in [0.2, 0.25) is 5.91 Å². The number of aryl methyl sites for hydroxylation is 3. The van der Waals surface area contributed by atoms with Crippen molar-refractivity contribution < 1.29 is 4.79 Å². The summed E-state index contributed by atoms with van der Waals surface area (Å²) in [6, 6.07) is 8.03. The normalized spacial score (nSPS) is 13.4. The molecule has 1 aliphatic rings. The van der Waals surface area contributed by atoms with Gasteiger partial charge in [0.15, 0.2) is 5.16 Å². The van der Waals surface area contributed by atoms with Gasteiger partial charge in [-0.25, -0.2) is 4.98 Å². The van der Waals surface area contributed by atoms with Crippen LogP contribution in [0.1, 0.15) is 48.6 Å². The highest BCUT2D eigenvalue weighted by Crippen LogP contribution is 2.34. The largest absolute Gasteiger partial charge is 0.325 e. The first-order valence-corrected chi connectivity index (χ1v) is 12.4. The highest BCUT2D eigenvalue weighted by Gasteiger charge is 2.21. The molecule has 7 heteroatoms. The van der Waals surface area contributed by atoms with Crippen LogP contribution in [0.5, 0.6) is 0 Å². The monoisotopic (exact) mass is 441 g/mol. The first-order valence-electron chi connectivity index (χ1n) is 10.6. The third-order valence-corrected chi connectivity index (χ3v) is 7.76. The molecule has 0 fully saturated rings. The lowest BCUT2D eigenvalue weighted by Gasteiger charge is -2.11. The maximum Gasteiger partial charge on any atom is 0.262 e. The van der Waals surface area contributed by atoms with Gasteiger partial charge >= 0.3 is 0 Å². The molecule has 1 amide bonds. The third-order valence-electron chi connectivity index (χ3n) is 5.54. The summed E-state index contributed by atoms with van der Waals surface area (Å²) in [6.45, 7) is 2.18. The van der Waals surface area contributed by atoms with Crippen LogP contribution < -0.4 is 10.9 Å². The number of thioether (sulfide) groups is 1. The van der Waals surface area contributed by atoms with Crippen LogP contribution in [0.15, 0.2) is 34.2 Å². The molecule has 0 radical (unpaired) electrons. The molecular weight excluding hydrogens is 414 g/mol. The molecule has 1 aliphatic carbocycles. The third kappa shape index (κ3) is 4.47. The number of benzene rings is 1. The predicted octanol–water partition coefficient (Wildman–Crippen LogP) is 4.95. The highest BCUT2D eigenvalue weighted by molar-refractivity contribution is 7.99. The van der Waals surface area contributed by atoms with E-state index in [1.165, 1.54) is 47.0 Å². The Balaban J connectivity index is 1.43. The average Bonchev–Trinajstić information content (AvgIpc) is 3.13. The zero-order valence-corrected chi connectivity index (χ0v) is 19.1. The molecule has 2 aromatic heterocycles. The molecule has 1 N–H and O–H groups in total. The van der Waals surface area contributed by atoms with E-state index in [0.29, 0.717) is 5.16 Å². The second kappa shape index (κ2) is 9.35. The summed E-state index contributed by atoms with van der Waals surface area (Å²) < 4.78 is 1.59. The summed E-state index contributed by atoms with van der Waals surface area (Å²) in [5.41, 5.74) is 3.29. The first kappa shape index (κ1) is 21.1. The quantitative estimate of drug-likeness (QED) is 0.416. The van der Waals surface area contributed by atoms with Gasteiger partial charge in [-0.1, -0.05) is 37.2 Å². The van der Waals surface area contributed by atoms with Crippen LogP contribution in [0.25, 0.3) is 10.2 Å². The zero-order chi connectivity index (χ0) is 21.1. The molecule has 0 saturated heterocycles. The van der Waals surface area contributed by atoms with Crippen molar-refractivity contribution in [3.8, 4) is 0 Å². The van der Waals surface area contributed by atoms with Gasteiger partial charge in [0, 0.05) is 17.6 Å². The zero-order valence-electron chi connectivity index (χ0n) is 17.5. The van der Waals surface area contributed by atoms with E-state index in [0.717, 1.165) is 41.6 Å². The van der Waals surface area contributed by atoms with E-state index in [2.05, 4.69) is 24.4 Å². The van der Waals surface area contributed by atoms with Crippen LogP contribution in [0.2, 0.25) is 0 Å². The van der Waals surface area contributed by atoms with E-state index in [4.69, 9.17) is 4.98 Å². The summed E-state index contributed by atoms with van der Waals surface area (Å²) in [5, 5.41) is 4.31. The van der Waals surface area contributed by atoms with Gasteiger partial charge in [0.1, 0.15) is 4.83 Å². The molecule has 0 spiro atoms. The molecule has 5 nitrogen and oxygen atoms in total. The minimum Gasteiger partial charge on any atom is -0.325 e. The maximum atomic E-state index is 12.9. The lowest BCUT2D eigenvalue weighted by Crippen LogP contribution is -2.22. The summed E-state index contributed by atoms with van der Waals surface area (Å²) in [7, 11) is 1.75. The number of unbranched alkanes of at least 4 members (excludes halogenated alkanes) is 1. The first-order chi connectivity index (χ1) is 14.6. The second-order valence-electron chi connectivity index (χ2n) is 7.79. The number of rotatable bonds is 7. The summed E-state index contributed by atoms with van der Waals surface area (Å²) >= 11 is 2.95. The van der Waals surface area contributed by atoms with Crippen molar-refractivity contribution in [3.63, 3.8) is 0 Å². The van der Waals surface area contributed by atoms with Crippen molar-refractivity contribution in [2.75, 3.05) is 11.1 Å². The second-order valence-corrected chi connectivity index (χ2v) is 9.81. The van der Waals surface area contributed by atoms with E-state index < -0.39 is 0 Å². The van der Waals surface area contributed by atoms with Crippen molar-refractivity contribution in [2.24, 2.45) is 7.05 Å². The molecule has 3 aromatic rings. The lowest BCUT2D eigenvalue weighted by atomic mass is 9.97. The van der Waals surface area contributed by atoms with E-state index in [1.807, 2.05) is 12.1 Å². The standard InChI is InChI=1S/C23H27N3O2S2/c1-3-4-7-15-10-12-16(13-11-15)24-19(27)14-29-23-25-21-20(22(28)26(23)2)17-8-5-6-9-18(17)30-21/h10-13H,3-9,14H2,1-2H3,(H,24,27). The van der Waals surface area contributed by atoms with Gasteiger partial charge in [-0.05, 0) is 61.8 Å². The number of nitrogens with one attached hydrogen (secondary N) is 1. The molecule has 158 valence electrons. The molecule has 30 heavy (non-hydrogen) atoms. The Morgan fingerprint density at radius 1 is 1.23 bits per heavy atom. The number of carbonyl (C=O) groups excluding carboxylic acids is 1. The van der Waals surface area contributed by atoms with Crippen molar-refractivity contribution in [1.82, 2.24) is 9.55 Å². The lowest BCUT2D eigenvalue weighted by molar-refractivity contribution is -0.113. The molecule has 2 heterocycles. The number of hydrogen-bond acceptors (Lipinski definition) is 5. The Morgan fingerprint density at radius 3 is 2.77 bits per heavy atom. The molecule has 0 atom stereocenters. The van der Waals surface area contributed by atoms with Crippen LogP contribution >= 0.6 is 23.1 Å². The molecule has 1 aromatic carbocycles. The van der Waals surface area contributed by atoms with E-state index >= 15 is 0 Å². The number of amides is 1. The fourth-order valence-electron chi connectivity index (χ4n) is 3.86. The molecular formula is C23H27N3O2S2. The Hall–Kier alpha value is -2.12. The van der Waals surface area contributed by atoms with Crippen molar-refractivity contribution >= 4 is 44.9 Å². The van der Waals surface area contributed by atoms with Crippen LogP contribution in [0.4, 0.5) is 5.69 Å². The van der Waals surface area contributed by atoms with Crippen molar-refractivity contribution in [3.05, 3.63) is 50.6 Å². The van der Waals surface area contributed by atoms with Crippen LogP contribution in [0.3, 0.4) is 0 Å². The predicted molar refractivity (Wildman–Crippen MR) is 126 cm³/mol. The fourth-order valence-corrected chi connectivity index (χ4v) is 5.93.